The number of benzene rings is 2. The van der Waals surface area contributed by atoms with Crippen LogP contribution in [-0.4, -0.2) is 19.8 Å². The van der Waals surface area contributed by atoms with Gasteiger partial charge in [0.05, 0.1) is 9.85 Å². The molecule has 0 spiro atoms. The Bertz CT molecular complexity index is 1110. The first kappa shape index (κ1) is 20.4. The van der Waals surface area contributed by atoms with Crippen LogP contribution in [0.2, 0.25) is 0 Å². The van der Waals surface area contributed by atoms with Gasteiger partial charge in [-0.3, -0.25) is 20.2 Å². The zero-order chi connectivity index (χ0) is 21.9. The summed E-state index contributed by atoms with van der Waals surface area (Å²) in [4.78, 5) is 27.7. The van der Waals surface area contributed by atoms with Gasteiger partial charge in [0.25, 0.3) is 11.4 Å². The summed E-state index contributed by atoms with van der Waals surface area (Å²) in [7, 11) is 0. The van der Waals surface area contributed by atoms with Crippen LogP contribution in [0.5, 0.6) is 0 Å². The fraction of sp³-hybridized carbons (Fsp3) is 0.0588. The van der Waals surface area contributed by atoms with Crippen LogP contribution < -0.4 is 10.6 Å². The molecule has 10 nitrogen and oxygen atoms in total. The van der Waals surface area contributed by atoms with Gasteiger partial charge in [0.1, 0.15) is 11.4 Å². The highest BCUT2D eigenvalue weighted by molar-refractivity contribution is 5.64. The molecular formula is C17H11F3N6O4. The molecule has 3 rings (SSSR count). The minimum absolute atomic E-state index is 0.0229. The van der Waals surface area contributed by atoms with Crippen molar-refractivity contribution in [3.8, 4) is 0 Å². The standard InChI is InChI=1S/C17H11F3N6O4/c18-17(19,20)14-9-21-16(23-10-4-6-12(7-5-10)25(27)28)24-15(14)22-11-2-1-3-13(8-11)26(29)30/h1-9H,(H2,21,22,23,24). The molecule has 2 N–H and O–H groups in total. The number of nitrogens with one attached hydrogen (secondary N) is 2. The molecule has 0 fully saturated rings. The van der Waals surface area contributed by atoms with Crippen LogP contribution in [0.4, 0.5) is 47.7 Å². The van der Waals surface area contributed by atoms with Crippen molar-refractivity contribution in [3.05, 3.63) is 80.5 Å². The number of hydrogen-bond acceptors (Lipinski definition) is 8. The van der Waals surface area contributed by atoms with Crippen molar-refractivity contribution >= 4 is 34.5 Å². The largest absolute Gasteiger partial charge is 0.421 e. The summed E-state index contributed by atoms with van der Waals surface area (Å²) in [6.45, 7) is 0. The average molecular weight is 420 g/mol. The van der Waals surface area contributed by atoms with Gasteiger partial charge < -0.3 is 10.6 Å². The number of nitro benzene ring substituents is 2. The van der Waals surface area contributed by atoms with Gasteiger partial charge in [0.15, 0.2) is 0 Å². The van der Waals surface area contributed by atoms with Crippen molar-refractivity contribution in [3.63, 3.8) is 0 Å². The Hall–Kier alpha value is -4.29. The molecule has 0 amide bonds. The van der Waals surface area contributed by atoms with E-state index in [0.29, 0.717) is 11.9 Å². The molecule has 1 heterocycles. The highest BCUT2D eigenvalue weighted by Crippen LogP contribution is 2.35. The maximum absolute atomic E-state index is 13.3. The molecule has 154 valence electrons. The van der Waals surface area contributed by atoms with Gasteiger partial charge in [-0.1, -0.05) is 6.07 Å². The zero-order valence-corrected chi connectivity index (χ0v) is 14.8. The van der Waals surface area contributed by atoms with Crippen molar-refractivity contribution < 1.29 is 23.0 Å². The van der Waals surface area contributed by atoms with Crippen LogP contribution in [0.1, 0.15) is 5.56 Å². The molecule has 0 saturated heterocycles. The number of halogens is 3. The zero-order valence-electron chi connectivity index (χ0n) is 14.8. The maximum Gasteiger partial charge on any atom is 0.421 e. The first-order chi connectivity index (χ1) is 14.1. The van der Waals surface area contributed by atoms with E-state index in [-0.39, 0.29) is 23.0 Å². The van der Waals surface area contributed by atoms with Crippen molar-refractivity contribution in [1.82, 2.24) is 9.97 Å². The number of rotatable bonds is 6. The lowest BCUT2D eigenvalue weighted by Gasteiger charge is -2.15. The van der Waals surface area contributed by atoms with Gasteiger partial charge in [0.2, 0.25) is 5.95 Å². The first-order valence-corrected chi connectivity index (χ1v) is 8.10. The predicted octanol–water partition coefficient (Wildman–Crippen LogP) is 4.80. The minimum atomic E-state index is -4.78. The van der Waals surface area contributed by atoms with E-state index in [1.165, 1.54) is 42.5 Å². The molecule has 30 heavy (non-hydrogen) atoms. The molecule has 0 aliphatic rings. The molecule has 3 aromatic rings. The van der Waals surface area contributed by atoms with E-state index in [1.54, 1.807) is 0 Å². The Morgan fingerprint density at radius 1 is 0.867 bits per heavy atom. The van der Waals surface area contributed by atoms with E-state index in [9.17, 15) is 33.4 Å². The van der Waals surface area contributed by atoms with Gasteiger partial charge in [-0.25, -0.2) is 4.98 Å². The van der Waals surface area contributed by atoms with E-state index < -0.39 is 27.4 Å². The quantitative estimate of drug-likeness (QED) is 0.429. The van der Waals surface area contributed by atoms with Crippen LogP contribution in [0.3, 0.4) is 0 Å². The number of nitrogens with zero attached hydrogens (tertiary/aromatic N) is 4. The summed E-state index contributed by atoms with van der Waals surface area (Å²) in [6, 6.07) is 10.00. The molecule has 2 aromatic carbocycles. The molecule has 0 aliphatic heterocycles. The second-order valence-electron chi connectivity index (χ2n) is 5.82. The minimum Gasteiger partial charge on any atom is -0.339 e. The summed E-state index contributed by atoms with van der Waals surface area (Å²) in [5, 5.41) is 26.6. The first-order valence-electron chi connectivity index (χ1n) is 8.10. The third-order valence-corrected chi connectivity index (χ3v) is 3.75. The van der Waals surface area contributed by atoms with E-state index >= 15 is 0 Å². The number of nitro groups is 2. The van der Waals surface area contributed by atoms with Gasteiger partial charge in [-0.2, -0.15) is 18.2 Å². The predicted molar refractivity (Wildman–Crippen MR) is 99.8 cm³/mol. The lowest BCUT2D eigenvalue weighted by molar-refractivity contribution is -0.385. The lowest BCUT2D eigenvalue weighted by atomic mass is 10.2. The lowest BCUT2D eigenvalue weighted by Crippen LogP contribution is -2.12. The summed E-state index contributed by atoms with van der Waals surface area (Å²) in [5.41, 5.74) is -1.33. The van der Waals surface area contributed by atoms with Gasteiger partial charge >= 0.3 is 6.18 Å². The highest BCUT2D eigenvalue weighted by Gasteiger charge is 2.35. The molecule has 0 aliphatic carbocycles. The Kier molecular flexibility index (Phi) is 5.44. The number of hydrogen-bond donors (Lipinski definition) is 2. The maximum atomic E-state index is 13.3. The van der Waals surface area contributed by atoms with Crippen molar-refractivity contribution in [1.29, 1.82) is 0 Å². The highest BCUT2D eigenvalue weighted by atomic mass is 19.4. The van der Waals surface area contributed by atoms with E-state index in [4.69, 9.17) is 0 Å². The Morgan fingerprint density at radius 2 is 1.53 bits per heavy atom. The Morgan fingerprint density at radius 3 is 2.13 bits per heavy atom. The van der Waals surface area contributed by atoms with Crippen molar-refractivity contribution in [2.24, 2.45) is 0 Å². The van der Waals surface area contributed by atoms with E-state index in [1.807, 2.05) is 0 Å². The van der Waals surface area contributed by atoms with Gasteiger partial charge in [0, 0.05) is 41.8 Å². The van der Waals surface area contributed by atoms with Crippen molar-refractivity contribution in [2.75, 3.05) is 10.6 Å². The van der Waals surface area contributed by atoms with Crippen LogP contribution >= 0.6 is 0 Å². The van der Waals surface area contributed by atoms with Crippen LogP contribution in [-0.2, 0) is 6.18 Å². The van der Waals surface area contributed by atoms with Crippen LogP contribution in [0.25, 0.3) is 0 Å². The smallest absolute Gasteiger partial charge is 0.339 e. The van der Waals surface area contributed by atoms with E-state index in [2.05, 4.69) is 20.6 Å². The molecule has 0 radical (unpaired) electrons. The van der Waals surface area contributed by atoms with Crippen LogP contribution in [0, 0.1) is 20.2 Å². The summed E-state index contributed by atoms with van der Waals surface area (Å²) in [6.07, 6.45) is -4.23. The summed E-state index contributed by atoms with van der Waals surface area (Å²) >= 11 is 0. The average Bonchev–Trinajstić information content (AvgIpc) is 2.68. The SMILES string of the molecule is O=[N+]([O-])c1ccc(Nc2ncc(C(F)(F)F)c(Nc3cccc([N+](=O)[O-])c3)n2)cc1. The number of anilines is 4. The van der Waals surface area contributed by atoms with Gasteiger partial charge in [-0.05, 0) is 18.2 Å². The monoisotopic (exact) mass is 420 g/mol. The number of alkyl halides is 3. The third-order valence-electron chi connectivity index (χ3n) is 3.75. The molecular weight excluding hydrogens is 409 g/mol. The summed E-state index contributed by atoms with van der Waals surface area (Å²) < 4.78 is 40.0. The van der Waals surface area contributed by atoms with Gasteiger partial charge in [-0.15, -0.1) is 0 Å². The molecule has 0 saturated carbocycles. The van der Waals surface area contributed by atoms with E-state index in [0.717, 1.165) is 6.07 Å². The fourth-order valence-electron chi connectivity index (χ4n) is 2.37. The molecule has 1 aromatic heterocycles. The molecule has 0 bridgehead atoms. The van der Waals surface area contributed by atoms with Crippen molar-refractivity contribution in [2.45, 2.75) is 6.18 Å². The Labute approximate surface area is 165 Å². The fourth-order valence-corrected chi connectivity index (χ4v) is 2.37. The number of aromatic nitrogens is 2. The molecule has 0 atom stereocenters. The molecule has 13 heteroatoms. The second-order valence-corrected chi connectivity index (χ2v) is 5.82. The topological polar surface area (TPSA) is 136 Å². The summed E-state index contributed by atoms with van der Waals surface area (Å²) in [5.74, 6) is -0.841. The molecule has 0 unspecified atom stereocenters. The second kappa shape index (κ2) is 7.98. The number of non-ortho nitro benzene ring substituents is 2. The Balaban J connectivity index is 1.93. The normalized spacial score (nSPS) is 11.0. The van der Waals surface area contributed by atoms with Crippen LogP contribution in [0.15, 0.2) is 54.7 Å². The third kappa shape index (κ3) is 4.76.